The highest BCUT2D eigenvalue weighted by atomic mass is 35.5. The van der Waals surface area contributed by atoms with E-state index in [1.807, 2.05) is 6.92 Å². The number of carbonyl (C=O) groups is 3. The van der Waals surface area contributed by atoms with Crippen molar-refractivity contribution < 1.29 is 37.0 Å². The molecule has 0 atom stereocenters. The molecule has 2 fully saturated rings. The van der Waals surface area contributed by atoms with E-state index in [0.29, 0.717) is 12.8 Å². The van der Waals surface area contributed by atoms with Crippen LogP contribution in [0.3, 0.4) is 0 Å². The number of carbonyl (C=O) groups excluding carboxylic acids is 3. The van der Waals surface area contributed by atoms with E-state index in [9.17, 15) is 27.6 Å². The number of nitrogens with zero attached hydrogens (tertiary/aromatic N) is 3. The maximum atomic E-state index is 14.3. The van der Waals surface area contributed by atoms with Gasteiger partial charge in [-0.15, -0.1) is 0 Å². The van der Waals surface area contributed by atoms with Crippen molar-refractivity contribution in [2.75, 3.05) is 19.7 Å². The predicted octanol–water partition coefficient (Wildman–Crippen LogP) is 7.38. The minimum Gasteiger partial charge on any atom is -0.466 e. The van der Waals surface area contributed by atoms with E-state index in [1.54, 1.807) is 13.0 Å². The maximum Gasteiger partial charge on any atom is 0.436 e. The van der Waals surface area contributed by atoms with Gasteiger partial charge >= 0.3 is 18.2 Å². The molecule has 0 N–H and O–H groups in total. The van der Waals surface area contributed by atoms with Crippen LogP contribution < -0.4 is 4.74 Å². The van der Waals surface area contributed by atoms with E-state index < -0.39 is 42.1 Å². The van der Waals surface area contributed by atoms with Crippen molar-refractivity contribution in [2.45, 2.75) is 71.0 Å². The fourth-order valence-corrected chi connectivity index (χ4v) is 6.15. The summed E-state index contributed by atoms with van der Waals surface area (Å²) in [5.41, 5.74) is -1.48. The summed E-state index contributed by atoms with van der Waals surface area (Å²) in [5, 5.41) is 4.14. The Morgan fingerprint density at radius 3 is 2.29 bits per heavy atom. The van der Waals surface area contributed by atoms with Gasteiger partial charge in [0.15, 0.2) is 17.2 Å². The Balaban J connectivity index is 1.55. The third kappa shape index (κ3) is 7.17. The minimum atomic E-state index is -4.88. The summed E-state index contributed by atoms with van der Waals surface area (Å²) in [7, 11) is 0. The molecule has 1 amide bonds. The first-order valence-electron chi connectivity index (χ1n) is 13.6. The van der Waals surface area contributed by atoms with E-state index in [-0.39, 0.29) is 58.9 Å². The van der Waals surface area contributed by atoms with E-state index >= 15 is 0 Å². The van der Waals surface area contributed by atoms with Crippen LogP contribution in [0.15, 0.2) is 24.4 Å². The van der Waals surface area contributed by atoms with Gasteiger partial charge in [-0.1, -0.05) is 42.6 Å². The van der Waals surface area contributed by atoms with E-state index in [2.05, 4.69) is 5.10 Å². The molecule has 0 bridgehead atoms. The number of rotatable bonds is 9. The summed E-state index contributed by atoms with van der Waals surface area (Å²) in [4.78, 5) is 39.7. The van der Waals surface area contributed by atoms with Crippen molar-refractivity contribution in [3.8, 4) is 5.75 Å². The number of benzene rings is 1. The van der Waals surface area contributed by atoms with Crippen LogP contribution in [-0.4, -0.2) is 52.2 Å². The summed E-state index contributed by atoms with van der Waals surface area (Å²) in [6.07, 6.45) is -1.33. The van der Waals surface area contributed by atoms with E-state index in [0.717, 1.165) is 35.0 Å². The summed E-state index contributed by atoms with van der Waals surface area (Å²) in [6.45, 7) is 3.49. The lowest BCUT2D eigenvalue weighted by Crippen LogP contribution is -2.46. The van der Waals surface area contributed by atoms with Gasteiger partial charge in [0.25, 0.3) is 0 Å². The lowest BCUT2D eigenvalue weighted by atomic mass is 9.70. The molecule has 0 unspecified atom stereocenters. The quantitative estimate of drug-likeness (QED) is 0.215. The smallest absolute Gasteiger partial charge is 0.436 e. The summed E-state index contributed by atoms with van der Waals surface area (Å²) < 4.78 is 54.0. The zero-order chi connectivity index (χ0) is 29.9. The van der Waals surface area contributed by atoms with Gasteiger partial charge in [0.05, 0.1) is 46.9 Å². The molecule has 1 aromatic carbocycles. The Bertz CT molecular complexity index is 1270. The van der Waals surface area contributed by atoms with Crippen molar-refractivity contribution in [3.05, 3.63) is 45.7 Å². The van der Waals surface area contributed by atoms with Crippen molar-refractivity contribution in [2.24, 2.45) is 11.3 Å². The van der Waals surface area contributed by atoms with Gasteiger partial charge < -0.3 is 9.47 Å². The molecule has 1 heterocycles. The molecule has 2 aliphatic rings. The Hall–Kier alpha value is -2.79. The van der Waals surface area contributed by atoms with Crippen LogP contribution >= 0.6 is 23.2 Å². The second kappa shape index (κ2) is 12.6. The Kier molecular flexibility index (Phi) is 9.58. The van der Waals surface area contributed by atoms with Crippen LogP contribution in [0.25, 0.3) is 0 Å². The molecule has 0 saturated heterocycles. The molecule has 1 aromatic heterocycles. The van der Waals surface area contributed by atoms with Crippen LogP contribution in [0, 0.1) is 11.3 Å². The number of halogens is 5. The number of hydrogen-bond donors (Lipinski definition) is 0. The molecular formula is C28H32Cl2F3N3O5. The number of aromatic nitrogens is 2. The van der Waals surface area contributed by atoms with Crippen LogP contribution in [0.2, 0.25) is 10.0 Å². The number of ether oxygens (including phenoxy) is 2. The third-order valence-electron chi connectivity index (χ3n) is 7.86. The number of alkyl halides is 3. The molecule has 2 saturated carbocycles. The van der Waals surface area contributed by atoms with Crippen molar-refractivity contribution >= 4 is 41.0 Å². The van der Waals surface area contributed by atoms with Gasteiger partial charge in [0.2, 0.25) is 0 Å². The maximum absolute atomic E-state index is 14.3. The topological polar surface area (TPSA) is 90.7 Å². The average Bonchev–Trinajstić information content (AvgIpc) is 3.31. The highest BCUT2D eigenvalue weighted by Gasteiger charge is 2.43. The SMILES string of the molecule is CCOC(=O)C1CCC(n2ncc(OC(=O)N(CC(=O)c3c(Cl)cccc3Cl)CC3(C)CCC3)c2C(F)(F)F)CC1. The standard InChI is InChI=1S/C28H32Cl2F3N3O5/c1-3-40-25(38)17-8-10-18(11-9-17)36-24(28(31,32)33)22(14-34-36)41-26(39)35(16-27(2)12-5-13-27)15-21(37)23-19(29)6-4-7-20(23)30/h4,6-7,14,17-18H,3,5,8-13,15-16H2,1-2H3. The van der Waals surface area contributed by atoms with Crippen LogP contribution in [0.5, 0.6) is 5.75 Å². The summed E-state index contributed by atoms with van der Waals surface area (Å²) >= 11 is 12.4. The van der Waals surface area contributed by atoms with Gasteiger partial charge in [-0.2, -0.15) is 18.3 Å². The number of hydrogen-bond acceptors (Lipinski definition) is 6. The molecule has 8 nitrogen and oxygen atoms in total. The zero-order valence-corrected chi connectivity index (χ0v) is 24.3. The fraction of sp³-hybridized carbons (Fsp3) is 0.571. The minimum absolute atomic E-state index is 0.0228. The Morgan fingerprint density at radius 1 is 1.12 bits per heavy atom. The first-order chi connectivity index (χ1) is 19.3. The molecule has 2 aliphatic carbocycles. The van der Waals surface area contributed by atoms with Crippen molar-refractivity contribution in [1.29, 1.82) is 0 Å². The van der Waals surface area contributed by atoms with E-state index in [4.69, 9.17) is 32.7 Å². The molecule has 4 rings (SSSR count). The highest BCUT2D eigenvalue weighted by molar-refractivity contribution is 6.40. The predicted molar refractivity (Wildman–Crippen MR) is 145 cm³/mol. The molecule has 2 aromatic rings. The second-order valence-corrected chi connectivity index (χ2v) is 11.8. The van der Waals surface area contributed by atoms with Crippen molar-refractivity contribution in [3.63, 3.8) is 0 Å². The normalized spacial score (nSPS) is 20.2. The first-order valence-corrected chi connectivity index (χ1v) is 14.3. The fourth-order valence-electron chi connectivity index (χ4n) is 5.54. The van der Waals surface area contributed by atoms with Gasteiger partial charge in [-0.25, -0.2) is 4.79 Å². The van der Waals surface area contributed by atoms with Gasteiger partial charge in [-0.05, 0) is 63.0 Å². The monoisotopic (exact) mass is 617 g/mol. The molecule has 224 valence electrons. The number of esters is 1. The van der Waals surface area contributed by atoms with Gasteiger partial charge in [-0.3, -0.25) is 19.2 Å². The molecular weight excluding hydrogens is 586 g/mol. The van der Waals surface area contributed by atoms with Crippen molar-refractivity contribution in [1.82, 2.24) is 14.7 Å². The molecule has 41 heavy (non-hydrogen) atoms. The number of amides is 1. The van der Waals surface area contributed by atoms with Gasteiger partial charge in [0, 0.05) is 6.54 Å². The second-order valence-electron chi connectivity index (χ2n) is 11.0. The Morgan fingerprint density at radius 2 is 1.76 bits per heavy atom. The summed E-state index contributed by atoms with van der Waals surface area (Å²) in [6, 6.07) is 3.91. The van der Waals surface area contributed by atoms with Crippen LogP contribution in [0.4, 0.5) is 18.0 Å². The largest absolute Gasteiger partial charge is 0.466 e. The lowest BCUT2D eigenvalue weighted by molar-refractivity contribution is -0.151. The number of Topliss-reactive ketones (excluding diaryl/α,β-unsaturated/α-hetero) is 1. The zero-order valence-electron chi connectivity index (χ0n) is 22.8. The Labute approximate surface area is 246 Å². The highest BCUT2D eigenvalue weighted by Crippen LogP contribution is 2.43. The molecule has 0 aliphatic heterocycles. The van der Waals surface area contributed by atoms with Gasteiger partial charge in [0.1, 0.15) is 0 Å². The average molecular weight is 618 g/mol. The van der Waals surface area contributed by atoms with Crippen LogP contribution in [0.1, 0.15) is 80.9 Å². The first kappa shape index (κ1) is 31.2. The molecule has 0 spiro atoms. The van der Waals surface area contributed by atoms with E-state index in [1.165, 1.54) is 12.1 Å². The molecule has 13 heteroatoms. The third-order valence-corrected chi connectivity index (χ3v) is 8.49. The number of ketones is 1. The lowest BCUT2D eigenvalue weighted by Gasteiger charge is -2.41. The van der Waals surface area contributed by atoms with Crippen LogP contribution in [-0.2, 0) is 15.7 Å². The summed E-state index contributed by atoms with van der Waals surface area (Å²) in [5.74, 6) is -2.04. The molecule has 0 radical (unpaired) electrons.